The van der Waals surface area contributed by atoms with Gasteiger partial charge < -0.3 is 4.90 Å². The van der Waals surface area contributed by atoms with E-state index in [2.05, 4.69) is 32.4 Å². The molecule has 0 atom stereocenters. The van der Waals surface area contributed by atoms with Gasteiger partial charge >= 0.3 is 0 Å². The molecule has 0 unspecified atom stereocenters. The van der Waals surface area contributed by atoms with Crippen LogP contribution in [0.15, 0.2) is 28.9 Å². The summed E-state index contributed by atoms with van der Waals surface area (Å²) in [5, 5.41) is 0. The van der Waals surface area contributed by atoms with Gasteiger partial charge in [-0.2, -0.15) is 0 Å². The fourth-order valence-electron chi connectivity index (χ4n) is 0.783. The van der Waals surface area contributed by atoms with Crippen molar-refractivity contribution in [3.8, 4) is 0 Å². The van der Waals surface area contributed by atoms with Crippen LogP contribution in [0, 0.1) is 0 Å². The van der Waals surface area contributed by atoms with Crippen LogP contribution in [0.4, 0.5) is 0 Å². The van der Waals surface area contributed by atoms with E-state index >= 15 is 0 Å². The molecular weight excluding hydrogens is 228 g/mol. The van der Waals surface area contributed by atoms with Gasteiger partial charge in [0.05, 0.1) is 4.62 Å². The summed E-state index contributed by atoms with van der Waals surface area (Å²) in [6.45, 7) is 8.77. The molecule has 0 heterocycles. The Morgan fingerprint density at radius 3 is 2.38 bits per heavy atom. The van der Waals surface area contributed by atoms with Crippen molar-refractivity contribution in [2.75, 3.05) is 20.6 Å². The van der Waals surface area contributed by atoms with Crippen LogP contribution in [0.25, 0.3) is 0 Å². The van der Waals surface area contributed by atoms with Crippen LogP contribution < -0.4 is 0 Å². The lowest BCUT2D eigenvalue weighted by Crippen LogP contribution is -2.14. The van der Waals surface area contributed by atoms with E-state index in [1.165, 1.54) is 0 Å². The van der Waals surface area contributed by atoms with Crippen LogP contribution in [0.2, 0.25) is 0 Å². The molecule has 0 spiro atoms. The third kappa shape index (κ3) is 6.72. The Hall–Kier alpha value is -0.410. The topological polar surface area (TPSA) is 15.6 Å². The summed E-state index contributed by atoms with van der Waals surface area (Å²) in [5.41, 5.74) is 2.22. The van der Waals surface area contributed by atoms with Crippen molar-refractivity contribution in [2.45, 2.75) is 13.8 Å². The highest BCUT2D eigenvalue weighted by Crippen LogP contribution is 2.07. The van der Waals surface area contributed by atoms with Gasteiger partial charge in [0, 0.05) is 12.7 Å². The first-order valence-electron chi connectivity index (χ1n) is 4.13. The molecule has 0 aromatic rings. The molecule has 0 N–H and O–H groups in total. The Morgan fingerprint density at radius 1 is 1.46 bits per heavy atom. The van der Waals surface area contributed by atoms with E-state index in [4.69, 9.17) is 0 Å². The molecule has 0 bridgehead atoms. The smallest absolute Gasteiger partial charge is 0.0798 e. The molecule has 0 aromatic heterocycles. The summed E-state index contributed by atoms with van der Waals surface area (Å²) in [6, 6.07) is 0. The van der Waals surface area contributed by atoms with Gasteiger partial charge in [0.15, 0.2) is 0 Å². The maximum atomic E-state index is 4.14. The largest absolute Gasteiger partial charge is 0.305 e. The average molecular weight is 245 g/mol. The van der Waals surface area contributed by atoms with Crippen LogP contribution in [-0.2, 0) is 0 Å². The Morgan fingerprint density at radius 2 is 2.00 bits per heavy atom. The van der Waals surface area contributed by atoms with E-state index in [0.717, 1.165) is 22.3 Å². The summed E-state index contributed by atoms with van der Waals surface area (Å²) in [6.07, 6.45) is 1.83. The van der Waals surface area contributed by atoms with E-state index in [0.29, 0.717) is 0 Å². The van der Waals surface area contributed by atoms with Crippen molar-refractivity contribution in [2.24, 2.45) is 4.99 Å². The standard InChI is InChI=1S/C10H17BrN2/c1-8(6-12-10(3)11)9(2)7-13(4)5/h6H,2,7H2,1,3-5H3/b8-6+,12-10+. The number of likely N-dealkylation sites (N-methyl/N-ethyl adjacent to an activating group) is 1. The molecule has 3 heteroatoms. The Labute approximate surface area is 89.2 Å². The van der Waals surface area contributed by atoms with Crippen LogP contribution in [0.1, 0.15) is 13.8 Å². The molecule has 0 aliphatic carbocycles. The van der Waals surface area contributed by atoms with Crippen LogP contribution >= 0.6 is 15.9 Å². The van der Waals surface area contributed by atoms with Crippen molar-refractivity contribution in [3.63, 3.8) is 0 Å². The van der Waals surface area contributed by atoms with Crippen LogP contribution in [0.3, 0.4) is 0 Å². The van der Waals surface area contributed by atoms with Gasteiger partial charge in [-0.1, -0.05) is 6.58 Å². The molecule has 13 heavy (non-hydrogen) atoms. The molecular formula is C10H17BrN2. The van der Waals surface area contributed by atoms with Crippen molar-refractivity contribution < 1.29 is 0 Å². The summed E-state index contributed by atoms with van der Waals surface area (Å²) in [5.74, 6) is 0. The van der Waals surface area contributed by atoms with Crippen molar-refractivity contribution in [1.29, 1.82) is 0 Å². The predicted octanol–water partition coefficient (Wildman–Crippen LogP) is 2.82. The monoisotopic (exact) mass is 244 g/mol. The molecule has 2 nitrogen and oxygen atoms in total. The van der Waals surface area contributed by atoms with Gasteiger partial charge in [0.25, 0.3) is 0 Å². The Bertz CT molecular complexity index is 235. The summed E-state index contributed by atoms with van der Waals surface area (Å²) < 4.78 is 0.879. The van der Waals surface area contributed by atoms with Crippen LogP contribution in [-0.4, -0.2) is 30.2 Å². The van der Waals surface area contributed by atoms with E-state index in [1.807, 2.05) is 34.1 Å². The summed E-state index contributed by atoms with van der Waals surface area (Å²) in [7, 11) is 4.05. The zero-order valence-electron chi connectivity index (χ0n) is 8.76. The lowest BCUT2D eigenvalue weighted by Gasteiger charge is -2.11. The molecule has 0 radical (unpaired) electrons. The molecule has 0 saturated carbocycles. The molecule has 0 aliphatic rings. The number of hydrogen-bond donors (Lipinski definition) is 0. The number of hydrogen-bond acceptors (Lipinski definition) is 2. The second kappa shape index (κ2) is 6.11. The summed E-state index contributed by atoms with van der Waals surface area (Å²) in [4.78, 5) is 6.23. The highest BCUT2D eigenvalue weighted by atomic mass is 79.9. The number of rotatable bonds is 4. The third-order valence-corrected chi connectivity index (χ3v) is 1.71. The van der Waals surface area contributed by atoms with Gasteiger partial charge in [0.1, 0.15) is 0 Å². The van der Waals surface area contributed by atoms with E-state index in [9.17, 15) is 0 Å². The first kappa shape index (κ1) is 12.6. The van der Waals surface area contributed by atoms with Gasteiger partial charge in [0.2, 0.25) is 0 Å². The normalized spacial score (nSPS) is 13.7. The number of halogens is 1. The number of aliphatic imine (C=N–C) groups is 1. The molecule has 0 amide bonds. The van der Waals surface area contributed by atoms with E-state index < -0.39 is 0 Å². The molecule has 0 rings (SSSR count). The zero-order valence-corrected chi connectivity index (χ0v) is 10.3. The summed E-state index contributed by atoms with van der Waals surface area (Å²) >= 11 is 3.27. The van der Waals surface area contributed by atoms with Gasteiger partial charge in [-0.25, -0.2) is 0 Å². The molecule has 0 aliphatic heterocycles. The Balaban J connectivity index is 4.25. The fourth-order valence-corrected chi connectivity index (χ4v) is 0.886. The lowest BCUT2D eigenvalue weighted by atomic mass is 10.1. The molecule has 0 saturated heterocycles. The Kier molecular flexibility index (Phi) is 5.91. The van der Waals surface area contributed by atoms with Gasteiger partial charge in [-0.15, -0.1) is 0 Å². The fraction of sp³-hybridized carbons (Fsp3) is 0.500. The third-order valence-electron chi connectivity index (χ3n) is 1.50. The maximum absolute atomic E-state index is 4.14. The zero-order chi connectivity index (χ0) is 10.4. The molecule has 0 aromatic carbocycles. The van der Waals surface area contributed by atoms with Crippen molar-refractivity contribution >= 4 is 20.6 Å². The van der Waals surface area contributed by atoms with Crippen LogP contribution in [0.5, 0.6) is 0 Å². The van der Waals surface area contributed by atoms with E-state index in [-0.39, 0.29) is 0 Å². The van der Waals surface area contributed by atoms with Gasteiger partial charge in [-0.05, 0) is 55.0 Å². The minimum atomic E-state index is 0.874. The minimum absolute atomic E-state index is 0.874. The average Bonchev–Trinajstić information content (AvgIpc) is 1.98. The van der Waals surface area contributed by atoms with Crippen molar-refractivity contribution in [3.05, 3.63) is 23.9 Å². The van der Waals surface area contributed by atoms with Gasteiger partial charge in [-0.3, -0.25) is 4.99 Å². The van der Waals surface area contributed by atoms with Crippen molar-refractivity contribution in [1.82, 2.24) is 4.90 Å². The highest BCUT2D eigenvalue weighted by Gasteiger charge is 1.97. The first-order chi connectivity index (χ1) is 5.93. The minimum Gasteiger partial charge on any atom is -0.305 e. The first-order valence-corrected chi connectivity index (χ1v) is 4.92. The lowest BCUT2D eigenvalue weighted by molar-refractivity contribution is 0.447. The highest BCUT2D eigenvalue weighted by molar-refractivity contribution is 9.18. The molecule has 0 fully saturated rings. The SMILES string of the molecule is C=C(CN(C)C)/C(C)=C/N=C(\C)Br. The predicted molar refractivity (Wildman–Crippen MR) is 63.5 cm³/mol. The second-order valence-corrected chi connectivity index (χ2v) is 4.43. The maximum Gasteiger partial charge on any atom is 0.0798 e. The quantitative estimate of drug-likeness (QED) is 0.549. The second-order valence-electron chi connectivity index (χ2n) is 3.28. The van der Waals surface area contributed by atoms with E-state index in [1.54, 1.807) is 0 Å². The number of nitrogens with zero attached hydrogens (tertiary/aromatic N) is 2. The molecule has 74 valence electrons.